The molecular weight excluding hydrogens is 370 g/mol. The van der Waals surface area contributed by atoms with Crippen LogP contribution in [0.5, 0.6) is 0 Å². The molecule has 8 nitrogen and oxygen atoms in total. The average Bonchev–Trinajstić information content (AvgIpc) is 2.69. The Morgan fingerprint density at radius 2 is 1.74 bits per heavy atom. The highest BCUT2D eigenvalue weighted by Crippen LogP contribution is 2.22. The molecule has 1 N–H and O–H groups in total. The fraction of sp³-hybridized carbons (Fsp3) is 0.333. The second kappa shape index (κ2) is 8.47. The van der Waals surface area contributed by atoms with Gasteiger partial charge in [-0.15, -0.1) is 0 Å². The van der Waals surface area contributed by atoms with Gasteiger partial charge in [-0.25, -0.2) is 13.1 Å². The van der Waals surface area contributed by atoms with E-state index in [0.29, 0.717) is 6.42 Å². The van der Waals surface area contributed by atoms with Crippen LogP contribution in [0.15, 0.2) is 53.4 Å². The number of nitro groups is 1. The van der Waals surface area contributed by atoms with E-state index in [1.807, 2.05) is 24.3 Å². The van der Waals surface area contributed by atoms with Crippen molar-refractivity contribution in [3.63, 3.8) is 0 Å². The first-order valence-electron chi connectivity index (χ1n) is 8.62. The fourth-order valence-electron chi connectivity index (χ4n) is 2.94. The van der Waals surface area contributed by atoms with Crippen LogP contribution in [0.25, 0.3) is 0 Å². The molecule has 0 amide bonds. The van der Waals surface area contributed by atoms with Crippen LogP contribution in [0.4, 0.5) is 11.4 Å². The van der Waals surface area contributed by atoms with Crippen molar-refractivity contribution in [2.75, 3.05) is 37.7 Å². The summed E-state index contributed by atoms with van der Waals surface area (Å²) in [6, 6.07) is 13.3. The molecule has 144 valence electrons. The van der Waals surface area contributed by atoms with Gasteiger partial charge < -0.3 is 9.64 Å². The van der Waals surface area contributed by atoms with E-state index in [-0.39, 0.29) is 11.4 Å². The van der Waals surface area contributed by atoms with Crippen molar-refractivity contribution < 1.29 is 18.1 Å². The zero-order valence-electron chi connectivity index (χ0n) is 14.7. The molecule has 9 heteroatoms. The Bertz CT molecular complexity index is 893. The molecule has 0 bridgehead atoms. The summed E-state index contributed by atoms with van der Waals surface area (Å²) in [5.74, 6) is 0. The van der Waals surface area contributed by atoms with Crippen molar-refractivity contribution in [1.29, 1.82) is 0 Å². The summed E-state index contributed by atoms with van der Waals surface area (Å²) in [6.07, 6.45) is 0.489. The Balaban J connectivity index is 1.60. The molecule has 0 saturated carbocycles. The van der Waals surface area contributed by atoms with Gasteiger partial charge in [0.1, 0.15) is 0 Å². The summed E-state index contributed by atoms with van der Waals surface area (Å²) in [5.41, 5.74) is 1.67. The molecule has 0 unspecified atom stereocenters. The van der Waals surface area contributed by atoms with Gasteiger partial charge in [-0.2, -0.15) is 0 Å². The molecule has 0 spiro atoms. The summed E-state index contributed by atoms with van der Waals surface area (Å²) in [6.45, 7) is 3.31. The maximum Gasteiger partial charge on any atom is 0.289 e. The van der Waals surface area contributed by atoms with Crippen LogP contribution in [0, 0.1) is 10.1 Å². The van der Waals surface area contributed by atoms with E-state index in [1.54, 1.807) is 0 Å². The van der Waals surface area contributed by atoms with E-state index in [2.05, 4.69) is 9.62 Å². The number of ether oxygens (including phenoxy) is 1. The van der Waals surface area contributed by atoms with Crippen molar-refractivity contribution in [2.24, 2.45) is 0 Å². The molecule has 3 rings (SSSR count). The Labute approximate surface area is 158 Å². The van der Waals surface area contributed by atoms with Crippen LogP contribution in [0.1, 0.15) is 5.56 Å². The van der Waals surface area contributed by atoms with Gasteiger partial charge in [-0.1, -0.05) is 24.3 Å². The monoisotopic (exact) mass is 391 g/mol. The number of rotatable bonds is 7. The first-order valence-corrected chi connectivity index (χ1v) is 10.1. The van der Waals surface area contributed by atoms with E-state index >= 15 is 0 Å². The summed E-state index contributed by atoms with van der Waals surface area (Å²) in [5, 5.41) is 11.0. The van der Waals surface area contributed by atoms with E-state index in [9.17, 15) is 18.5 Å². The number of nitrogens with one attached hydrogen (secondary N) is 1. The number of nitro benzene ring substituents is 1. The van der Waals surface area contributed by atoms with Crippen molar-refractivity contribution in [1.82, 2.24) is 4.72 Å². The molecule has 0 atom stereocenters. The summed E-state index contributed by atoms with van der Waals surface area (Å²) < 4.78 is 32.5. The summed E-state index contributed by atoms with van der Waals surface area (Å²) >= 11 is 0. The van der Waals surface area contributed by atoms with Gasteiger partial charge in [-0.3, -0.25) is 10.1 Å². The number of nitrogens with zero attached hydrogens (tertiary/aromatic N) is 2. The van der Waals surface area contributed by atoms with Gasteiger partial charge in [0.05, 0.1) is 18.1 Å². The number of anilines is 1. The van der Waals surface area contributed by atoms with Crippen molar-refractivity contribution in [3.05, 3.63) is 64.2 Å². The normalized spacial score (nSPS) is 14.9. The van der Waals surface area contributed by atoms with Crippen molar-refractivity contribution in [3.8, 4) is 0 Å². The molecule has 1 fully saturated rings. The lowest BCUT2D eigenvalue weighted by Gasteiger charge is -2.28. The predicted octanol–water partition coefficient (Wildman–Crippen LogP) is 1.95. The molecule has 1 aliphatic heterocycles. The highest BCUT2D eigenvalue weighted by molar-refractivity contribution is 7.89. The first kappa shape index (κ1) is 19.3. The smallest absolute Gasteiger partial charge is 0.289 e. The van der Waals surface area contributed by atoms with E-state index in [0.717, 1.165) is 37.6 Å². The first-order chi connectivity index (χ1) is 13.0. The zero-order valence-corrected chi connectivity index (χ0v) is 15.5. The molecule has 1 heterocycles. The number of sulfonamides is 1. The van der Waals surface area contributed by atoms with Crippen LogP contribution in [-0.4, -0.2) is 46.2 Å². The minimum atomic E-state index is -3.95. The van der Waals surface area contributed by atoms with Crippen LogP contribution >= 0.6 is 0 Å². The minimum absolute atomic E-state index is 0.158. The Hall–Kier alpha value is -2.49. The van der Waals surface area contributed by atoms with Gasteiger partial charge in [0.25, 0.3) is 5.69 Å². The lowest BCUT2D eigenvalue weighted by molar-refractivity contribution is -0.387. The standard InChI is InChI=1S/C18H21N3O5S/c22-21(23)17-3-1-2-4-18(17)27(24,25)19-10-9-15-5-7-16(8-6-15)20-11-13-26-14-12-20/h1-8,19H,9-14H2. The quantitative estimate of drug-likeness (QED) is 0.572. The van der Waals surface area contributed by atoms with Gasteiger partial charge in [0, 0.05) is 31.4 Å². The van der Waals surface area contributed by atoms with Crippen LogP contribution in [0.2, 0.25) is 0 Å². The molecule has 1 saturated heterocycles. The number of hydrogen-bond donors (Lipinski definition) is 1. The van der Waals surface area contributed by atoms with Crippen LogP contribution < -0.4 is 9.62 Å². The predicted molar refractivity (Wildman–Crippen MR) is 101 cm³/mol. The van der Waals surface area contributed by atoms with E-state index in [1.165, 1.54) is 24.3 Å². The highest BCUT2D eigenvalue weighted by Gasteiger charge is 2.24. The topological polar surface area (TPSA) is 102 Å². The maximum atomic E-state index is 12.4. The number of hydrogen-bond acceptors (Lipinski definition) is 6. The number of benzene rings is 2. The molecule has 0 aliphatic carbocycles. The Kier molecular flexibility index (Phi) is 6.04. The molecule has 0 radical (unpaired) electrons. The lowest BCUT2D eigenvalue weighted by atomic mass is 10.1. The minimum Gasteiger partial charge on any atom is -0.378 e. The summed E-state index contributed by atoms with van der Waals surface area (Å²) in [4.78, 5) is 12.3. The second-order valence-corrected chi connectivity index (χ2v) is 7.87. The Morgan fingerprint density at radius 1 is 1.07 bits per heavy atom. The largest absolute Gasteiger partial charge is 0.378 e. The average molecular weight is 391 g/mol. The SMILES string of the molecule is O=[N+]([O-])c1ccccc1S(=O)(=O)NCCc1ccc(N2CCOCC2)cc1. The van der Waals surface area contributed by atoms with Crippen molar-refractivity contribution >= 4 is 21.4 Å². The molecule has 1 aliphatic rings. The Morgan fingerprint density at radius 3 is 2.41 bits per heavy atom. The van der Waals surface area contributed by atoms with Gasteiger partial charge in [0.2, 0.25) is 10.0 Å². The number of para-hydroxylation sites is 1. The fourth-order valence-corrected chi connectivity index (χ4v) is 4.14. The molecule has 0 aromatic heterocycles. The maximum absolute atomic E-state index is 12.4. The summed E-state index contributed by atoms with van der Waals surface area (Å²) in [7, 11) is -3.95. The van der Waals surface area contributed by atoms with E-state index in [4.69, 9.17) is 4.74 Å². The van der Waals surface area contributed by atoms with Crippen LogP contribution in [0.3, 0.4) is 0 Å². The molecule has 2 aromatic rings. The van der Waals surface area contributed by atoms with Gasteiger partial charge >= 0.3 is 0 Å². The third kappa shape index (κ3) is 4.82. The third-order valence-electron chi connectivity index (χ3n) is 4.37. The lowest BCUT2D eigenvalue weighted by Crippen LogP contribution is -2.36. The van der Waals surface area contributed by atoms with Crippen LogP contribution in [-0.2, 0) is 21.2 Å². The van der Waals surface area contributed by atoms with E-state index < -0.39 is 20.6 Å². The zero-order chi connectivity index (χ0) is 19.3. The van der Waals surface area contributed by atoms with Gasteiger partial charge in [-0.05, 0) is 30.2 Å². The molecular formula is C18H21N3O5S. The molecule has 2 aromatic carbocycles. The third-order valence-corrected chi connectivity index (χ3v) is 5.88. The molecule has 27 heavy (non-hydrogen) atoms. The highest BCUT2D eigenvalue weighted by atomic mass is 32.2. The number of morpholine rings is 1. The second-order valence-electron chi connectivity index (χ2n) is 6.14. The van der Waals surface area contributed by atoms with Crippen molar-refractivity contribution in [2.45, 2.75) is 11.3 Å². The van der Waals surface area contributed by atoms with Gasteiger partial charge in [0.15, 0.2) is 4.90 Å².